The number of para-hydroxylation sites is 1. The highest BCUT2D eigenvalue weighted by Crippen LogP contribution is 2.17. The number of anilines is 1. The summed E-state index contributed by atoms with van der Waals surface area (Å²) >= 11 is 0. The van der Waals surface area contributed by atoms with E-state index in [1.165, 1.54) is 4.90 Å². The third kappa shape index (κ3) is 9.11. The molecular weight excluding hydrogens is 494 g/mol. The summed E-state index contributed by atoms with van der Waals surface area (Å²) in [5.41, 5.74) is 8.46. The predicted octanol–water partition coefficient (Wildman–Crippen LogP) is 2.24. The van der Waals surface area contributed by atoms with E-state index in [2.05, 4.69) is 39.0 Å². The van der Waals surface area contributed by atoms with E-state index in [4.69, 9.17) is 5.73 Å². The van der Waals surface area contributed by atoms with E-state index < -0.39 is 23.9 Å². The Labute approximate surface area is 228 Å². The number of nitrogens with two attached hydrogens (primary N) is 1. The van der Waals surface area contributed by atoms with Gasteiger partial charge in [0.05, 0.1) is 43.0 Å². The van der Waals surface area contributed by atoms with Crippen LogP contribution in [0.3, 0.4) is 0 Å². The summed E-state index contributed by atoms with van der Waals surface area (Å²) in [4.78, 5) is 52.6. The number of carbonyl (C=O) groups excluding carboxylic acids is 3. The minimum atomic E-state index is -1.14. The van der Waals surface area contributed by atoms with Gasteiger partial charge in [0.1, 0.15) is 6.04 Å². The molecule has 0 aliphatic heterocycles. The van der Waals surface area contributed by atoms with Crippen LogP contribution in [0, 0.1) is 0 Å². The van der Waals surface area contributed by atoms with Crippen molar-refractivity contribution in [3.8, 4) is 0 Å². The zero-order valence-corrected chi connectivity index (χ0v) is 22.0. The molecule has 4 N–H and O–H groups in total. The number of pyridine rings is 1. The lowest BCUT2D eigenvalue weighted by Gasteiger charge is -2.24. The van der Waals surface area contributed by atoms with Gasteiger partial charge in [-0.15, -0.1) is 0 Å². The maximum atomic E-state index is 13.3. The predicted molar refractivity (Wildman–Crippen MR) is 155 cm³/mol. The van der Waals surface area contributed by atoms with Gasteiger partial charge >= 0.3 is 0 Å². The highest BCUT2D eigenvalue weighted by Gasteiger charge is 2.26. The fourth-order valence-corrected chi connectivity index (χ4v) is 4.03. The van der Waals surface area contributed by atoms with Crippen molar-refractivity contribution in [1.29, 1.82) is 0 Å². The maximum Gasteiger partial charge on any atom is 0.247 e. The Balaban J connectivity index is 1.69. The summed E-state index contributed by atoms with van der Waals surface area (Å²) in [6.07, 6.45) is 2.25. The van der Waals surface area contributed by atoms with E-state index in [0.717, 1.165) is 16.5 Å². The van der Waals surface area contributed by atoms with Crippen molar-refractivity contribution in [3.63, 3.8) is 0 Å². The molecular formula is C29H35N7O3. The zero-order chi connectivity index (χ0) is 28.0. The van der Waals surface area contributed by atoms with Crippen LogP contribution in [-0.4, -0.2) is 79.3 Å². The molecule has 3 amide bonds. The molecule has 2 unspecified atom stereocenters. The molecule has 3 rings (SSSR count). The highest BCUT2D eigenvalue weighted by molar-refractivity contribution is 5.99. The second kappa shape index (κ2) is 15.1. The second-order valence-corrected chi connectivity index (χ2v) is 9.08. The SMILES string of the molecule is C=NCCN(CCN=C)C(=O)CC(N)C(=O)NC(CCc1ccccc1)C(=O)Nc1cnc2ccccc2c1. The summed E-state index contributed by atoms with van der Waals surface area (Å²) in [7, 11) is 0. The molecule has 1 heterocycles. The lowest BCUT2D eigenvalue weighted by atomic mass is 10.0. The molecule has 3 aromatic rings. The zero-order valence-electron chi connectivity index (χ0n) is 22.0. The molecule has 39 heavy (non-hydrogen) atoms. The van der Waals surface area contributed by atoms with Crippen molar-refractivity contribution in [2.24, 2.45) is 15.7 Å². The van der Waals surface area contributed by atoms with Crippen LogP contribution in [0.2, 0.25) is 0 Å². The molecule has 0 saturated carbocycles. The number of fused-ring (bicyclic) bond motifs is 1. The van der Waals surface area contributed by atoms with Gasteiger partial charge in [-0.2, -0.15) is 0 Å². The van der Waals surface area contributed by atoms with E-state index >= 15 is 0 Å². The van der Waals surface area contributed by atoms with E-state index in [-0.39, 0.29) is 12.3 Å². The molecule has 10 nitrogen and oxygen atoms in total. The third-order valence-electron chi connectivity index (χ3n) is 6.20. The fraction of sp³-hybridized carbons (Fsp3) is 0.310. The van der Waals surface area contributed by atoms with Crippen LogP contribution in [0.1, 0.15) is 18.4 Å². The maximum absolute atomic E-state index is 13.3. The number of rotatable bonds is 15. The van der Waals surface area contributed by atoms with Gasteiger partial charge in [0.25, 0.3) is 0 Å². The minimum Gasteiger partial charge on any atom is -0.343 e. The summed E-state index contributed by atoms with van der Waals surface area (Å²) in [6.45, 7) is 8.28. The number of nitrogens with zero attached hydrogens (tertiary/aromatic N) is 4. The lowest BCUT2D eigenvalue weighted by Crippen LogP contribution is -2.51. The Morgan fingerprint density at radius 1 is 0.949 bits per heavy atom. The first-order valence-electron chi connectivity index (χ1n) is 12.8. The largest absolute Gasteiger partial charge is 0.343 e. The molecule has 0 fully saturated rings. The molecule has 0 spiro atoms. The highest BCUT2D eigenvalue weighted by atomic mass is 16.2. The van der Waals surface area contributed by atoms with Gasteiger partial charge in [0.2, 0.25) is 17.7 Å². The van der Waals surface area contributed by atoms with Crippen molar-refractivity contribution in [2.45, 2.75) is 31.3 Å². The average molecular weight is 530 g/mol. The summed E-state index contributed by atoms with van der Waals surface area (Å²) in [5, 5.41) is 6.48. The van der Waals surface area contributed by atoms with Gasteiger partial charge in [0.15, 0.2) is 0 Å². The van der Waals surface area contributed by atoms with Gasteiger partial charge in [-0.05, 0) is 44.0 Å². The standard InChI is InChI=1S/C29H35N7O3/c1-31-14-16-36(17-15-32-2)27(37)19-24(30)28(38)35-26(13-12-21-8-4-3-5-9-21)29(39)34-23-18-22-10-6-7-11-25(22)33-20-23/h3-11,18,20,24,26H,1-2,12-17,19,30H2,(H,34,39)(H,35,38). The molecule has 0 radical (unpaired) electrons. The van der Waals surface area contributed by atoms with Crippen LogP contribution < -0.4 is 16.4 Å². The molecule has 2 aromatic carbocycles. The number of aromatic nitrogens is 1. The van der Waals surface area contributed by atoms with Gasteiger partial charge in [-0.25, -0.2) is 0 Å². The third-order valence-corrected chi connectivity index (χ3v) is 6.20. The first-order chi connectivity index (χ1) is 18.9. The van der Waals surface area contributed by atoms with Crippen molar-refractivity contribution in [1.82, 2.24) is 15.2 Å². The van der Waals surface area contributed by atoms with Gasteiger partial charge < -0.3 is 21.3 Å². The number of aryl methyl sites for hydroxylation is 1. The Hall–Kier alpha value is -4.44. The Morgan fingerprint density at radius 3 is 2.31 bits per heavy atom. The topological polar surface area (TPSA) is 142 Å². The van der Waals surface area contributed by atoms with E-state index in [9.17, 15) is 14.4 Å². The van der Waals surface area contributed by atoms with E-state index in [1.807, 2.05) is 60.7 Å². The average Bonchev–Trinajstić information content (AvgIpc) is 2.95. The van der Waals surface area contributed by atoms with Crippen molar-refractivity contribution in [3.05, 3.63) is 72.4 Å². The quantitative estimate of drug-likeness (QED) is 0.259. The number of benzene rings is 2. The van der Waals surface area contributed by atoms with E-state index in [1.54, 1.807) is 6.20 Å². The molecule has 0 aliphatic rings. The molecule has 0 bridgehead atoms. The van der Waals surface area contributed by atoms with Crippen LogP contribution >= 0.6 is 0 Å². The number of hydrogen-bond donors (Lipinski definition) is 3. The summed E-state index contributed by atoms with van der Waals surface area (Å²) < 4.78 is 0. The van der Waals surface area contributed by atoms with E-state index in [0.29, 0.717) is 44.7 Å². The Bertz CT molecular complexity index is 1270. The Kier molecular flexibility index (Phi) is 11.3. The van der Waals surface area contributed by atoms with Crippen LogP contribution in [0.4, 0.5) is 5.69 Å². The Morgan fingerprint density at radius 2 is 1.62 bits per heavy atom. The molecule has 0 saturated heterocycles. The van der Waals surface area contributed by atoms with Crippen LogP contribution in [-0.2, 0) is 20.8 Å². The minimum absolute atomic E-state index is 0.220. The monoisotopic (exact) mass is 529 g/mol. The lowest BCUT2D eigenvalue weighted by molar-refractivity contribution is -0.134. The molecule has 2 atom stereocenters. The number of nitrogens with one attached hydrogen (secondary N) is 2. The van der Waals surface area contributed by atoms with Crippen molar-refractivity contribution < 1.29 is 14.4 Å². The first kappa shape index (κ1) is 29.1. The fourth-order valence-electron chi connectivity index (χ4n) is 4.03. The van der Waals surface area contributed by atoms with Crippen LogP contribution in [0.25, 0.3) is 10.9 Å². The molecule has 0 aliphatic carbocycles. The molecule has 204 valence electrons. The molecule has 10 heteroatoms. The summed E-state index contributed by atoms with van der Waals surface area (Å²) in [5.74, 6) is -1.29. The smallest absolute Gasteiger partial charge is 0.247 e. The second-order valence-electron chi connectivity index (χ2n) is 9.08. The van der Waals surface area contributed by atoms with Crippen LogP contribution in [0.15, 0.2) is 76.8 Å². The number of carbonyl (C=O) groups is 3. The van der Waals surface area contributed by atoms with Crippen LogP contribution in [0.5, 0.6) is 0 Å². The van der Waals surface area contributed by atoms with Gasteiger partial charge in [0, 0.05) is 18.5 Å². The normalized spacial score (nSPS) is 12.2. The number of amides is 3. The van der Waals surface area contributed by atoms with Gasteiger partial charge in [-0.1, -0.05) is 48.5 Å². The van der Waals surface area contributed by atoms with Gasteiger partial charge in [-0.3, -0.25) is 29.4 Å². The van der Waals surface area contributed by atoms with Crippen molar-refractivity contribution in [2.75, 3.05) is 31.5 Å². The first-order valence-corrected chi connectivity index (χ1v) is 12.8. The number of hydrogen-bond acceptors (Lipinski definition) is 7. The summed E-state index contributed by atoms with van der Waals surface area (Å²) in [6, 6.07) is 17.0. The van der Waals surface area contributed by atoms with Crippen molar-refractivity contribution >= 4 is 47.7 Å². The molecule has 1 aromatic heterocycles. The number of aliphatic imine (C=N–C) groups is 2.